The molecule has 1 aromatic carbocycles. The first-order chi connectivity index (χ1) is 9.79. The van der Waals surface area contributed by atoms with Crippen LogP contribution in [-0.2, 0) is 9.53 Å². The van der Waals surface area contributed by atoms with E-state index >= 15 is 0 Å². The van der Waals surface area contributed by atoms with Gasteiger partial charge < -0.3 is 9.84 Å². The summed E-state index contributed by atoms with van der Waals surface area (Å²) in [5, 5.41) is 10.3. The Kier molecular flexibility index (Phi) is 4.14. The fraction of sp³-hybridized carbons (Fsp3) is 0.375. The summed E-state index contributed by atoms with van der Waals surface area (Å²) in [5.41, 5.74) is 0.147. The molecule has 2 rings (SSSR count). The number of hydrogen-bond acceptors (Lipinski definition) is 4. The van der Waals surface area contributed by atoms with Crippen LogP contribution in [-0.4, -0.2) is 34.2 Å². The summed E-state index contributed by atoms with van der Waals surface area (Å²) >= 11 is 0. The van der Waals surface area contributed by atoms with Crippen molar-refractivity contribution in [1.29, 1.82) is 0 Å². The SMILES string of the molecule is CC(C)(C)OC(=O)N1CC=C(C(O)c2ccccc2)C1=O. The van der Waals surface area contributed by atoms with E-state index in [0.29, 0.717) is 5.56 Å². The highest BCUT2D eigenvalue weighted by Gasteiger charge is 2.35. The van der Waals surface area contributed by atoms with Gasteiger partial charge in [-0.05, 0) is 26.3 Å². The molecule has 0 aromatic heterocycles. The van der Waals surface area contributed by atoms with Gasteiger partial charge in [0.25, 0.3) is 5.91 Å². The lowest BCUT2D eigenvalue weighted by atomic mass is 10.0. The number of carbonyl (C=O) groups excluding carboxylic acids is 2. The van der Waals surface area contributed by atoms with Gasteiger partial charge in [0, 0.05) is 5.57 Å². The van der Waals surface area contributed by atoms with Crippen molar-refractivity contribution in [2.24, 2.45) is 0 Å². The number of aliphatic hydroxyl groups is 1. The zero-order valence-electron chi connectivity index (χ0n) is 12.4. The summed E-state index contributed by atoms with van der Waals surface area (Å²) < 4.78 is 5.18. The monoisotopic (exact) mass is 289 g/mol. The van der Waals surface area contributed by atoms with E-state index in [0.717, 1.165) is 4.90 Å². The van der Waals surface area contributed by atoms with Gasteiger partial charge in [-0.15, -0.1) is 0 Å². The van der Waals surface area contributed by atoms with E-state index in [1.165, 1.54) is 0 Å². The van der Waals surface area contributed by atoms with E-state index in [2.05, 4.69) is 0 Å². The minimum absolute atomic E-state index is 0.118. The molecule has 0 fully saturated rings. The van der Waals surface area contributed by atoms with Crippen LogP contribution in [0.25, 0.3) is 0 Å². The van der Waals surface area contributed by atoms with Crippen LogP contribution in [0.4, 0.5) is 4.79 Å². The Morgan fingerprint density at radius 1 is 1.29 bits per heavy atom. The predicted molar refractivity (Wildman–Crippen MR) is 77.4 cm³/mol. The third-order valence-corrected chi connectivity index (χ3v) is 3.01. The van der Waals surface area contributed by atoms with Gasteiger partial charge in [-0.25, -0.2) is 9.69 Å². The second kappa shape index (κ2) is 5.69. The lowest BCUT2D eigenvalue weighted by Gasteiger charge is -2.23. The number of carbonyl (C=O) groups is 2. The van der Waals surface area contributed by atoms with E-state index in [-0.39, 0.29) is 12.1 Å². The fourth-order valence-electron chi connectivity index (χ4n) is 2.03. The Balaban J connectivity index is 2.09. The molecule has 0 radical (unpaired) electrons. The van der Waals surface area contributed by atoms with Crippen molar-refractivity contribution in [3.05, 3.63) is 47.5 Å². The van der Waals surface area contributed by atoms with E-state index in [1.807, 2.05) is 6.07 Å². The fourth-order valence-corrected chi connectivity index (χ4v) is 2.03. The standard InChI is InChI=1S/C16H19NO4/c1-16(2,3)21-15(20)17-10-9-12(14(17)19)13(18)11-7-5-4-6-8-11/h4-9,13,18H,10H2,1-3H3. The van der Waals surface area contributed by atoms with Crippen molar-refractivity contribution in [3.8, 4) is 0 Å². The van der Waals surface area contributed by atoms with Crippen LogP contribution < -0.4 is 0 Å². The van der Waals surface area contributed by atoms with Gasteiger partial charge >= 0.3 is 6.09 Å². The first-order valence-corrected chi connectivity index (χ1v) is 6.77. The third-order valence-electron chi connectivity index (χ3n) is 3.01. The van der Waals surface area contributed by atoms with Crippen molar-refractivity contribution in [2.75, 3.05) is 6.54 Å². The lowest BCUT2D eigenvalue weighted by molar-refractivity contribution is -0.125. The molecule has 0 spiro atoms. The van der Waals surface area contributed by atoms with Gasteiger partial charge in [0.1, 0.15) is 11.7 Å². The zero-order valence-corrected chi connectivity index (χ0v) is 12.4. The van der Waals surface area contributed by atoms with Crippen molar-refractivity contribution in [3.63, 3.8) is 0 Å². The summed E-state index contributed by atoms with van der Waals surface area (Å²) in [6.07, 6.45) is -0.172. The number of nitrogens with zero attached hydrogens (tertiary/aromatic N) is 1. The van der Waals surface area contributed by atoms with E-state index in [1.54, 1.807) is 51.1 Å². The Bertz CT molecular complexity index is 572. The summed E-state index contributed by atoms with van der Waals surface area (Å²) in [4.78, 5) is 25.2. The van der Waals surface area contributed by atoms with Crippen LogP contribution in [0.5, 0.6) is 0 Å². The van der Waals surface area contributed by atoms with E-state index < -0.39 is 23.7 Å². The van der Waals surface area contributed by atoms with Crippen LogP contribution in [0.2, 0.25) is 0 Å². The van der Waals surface area contributed by atoms with Crippen molar-refractivity contribution >= 4 is 12.0 Å². The number of benzene rings is 1. The highest BCUT2D eigenvalue weighted by molar-refractivity contribution is 6.05. The van der Waals surface area contributed by atoms with Gasteiger partial charge in [0.15, 0.2) is 0 Å². The minimum Gasteiger partial charge on any atom is -0.443 e. The van der Waals surface area contributed by atoms with Gasteiger partial charge in [0.05, 0.1) is 6.54 Å². The molecule has 21 heavy (non-hydrogen) atoms. The number of ether oxygens (including phenoxy) is 1. The number of hydrogen-bond donors (Lipinski definition) is 1. The average molecular weight is 289 g/mol. The maximum absolute atomic E-state index is 12.2. The molecule has 1 aliphatic rings. The summed E-state index contributed by atoms with van der Waals surface area (Å²) in [7, 11) is 0. The Morgan fingerprint density at radius 2 is 1.90 bits per heavy atom. The molecule has 1 aliphatic heterocycles. The quantitative estimate of drug-likeness (QED) is 0.908. The molecule has 5 heteroatoms. The molecule has 1 atom stereocenters. The van der Waals surface area contributed by atoms with Crippen LogP contribution in [0, 0.1) is 0 Å². The van der Waals surface area contributed by atoms with Crippen molar-refractivity contribution in [2.45, 2.75) is 32.5 Å². The number of aliphatic hydroxyl groups excluding tert-OH is 1. The summed E-state index contributed by atoms with van der Waals surface area (Å²) in [5.74, 6) is -0.513. The summed E-state index contributed by atoms with van der Waals surface area (Å²) in [6, 6.07) is 8.85. The normalized spacial score (nSPS) is 16.7. The zero-order chi connectivity index (χ0) is 15.6. The second-order valence-corrected chi connectivity index (χ2v) is 5.87. The smallest absolute Gasteiger partial charge is 0.417 e. The highest BCUT2D eigenvalue weighted by Crippen LogP contribution is 2.27. The molecule has 0 saturated carbocycles. The maximum atomic E-state index is 12.2. The Hall–Kier alpha value is -2.14. The third kappa shape index (κ3) is 3.49. The van der Waals surface area contributed by atoms with Crippen LogP contribution in [0.3, 0.4) is 0 Å². The first-order valence-electron chi connectivity index (χ1n) is 6.77. The molecular formula is C16H19NO4. The van der Waals surface area contributed by atoms with Crippen molar-refractivity contribution in [1.82, 2.24) is 4.90 Å². The van der Waals surface area contributed by atoms with Gasteiger partial charge in [-0.1, -0.05) is 36.4 Å². The lowest BCUT2D eigenvalue weighted by Crippen LogP contribution is -2.39. The molecule has 5 nitrogen and oxygen atoms in total. The van der Waals surface area contributed by atoms with Crippen LogP contribution in [0.15, 0.2) is 42.0 Å². The van der Waals surface area contributed by atoms with Gasteiger partial charge in [0.2, 0.25) is 0 Å². The molecule has 1 unspecified atom stereocenters. The van der Waals surface area contributed by atoms with Crippen molar-refractivity contribution < 1.29 is 19.4 Å². The average Bonchev–Trinajstić information content (AvgIpc) is 2.79. The molecule has 0 aliphatic carbocycles. The molecule has 0 bridgehead atoms. The molecule has 1 heterocycles. The number of amides is 2. The Morgan fingerprint density at radius 3 is 2.48 bits per heavy atom. The molecule has 112 valence electrons. The molecular weight excluding hydrogens is 270 g/mol. The minimum atomic E-state index is -1.04. The topological polar surface area (TPSA) is 66.8 Å². The highest BCUT2D eigenvalue weighted by atomic mass is 16.6. The molecule has 2 amide bonds. The Labute approximate surface area is 123 Å². The van der Waals surface area contributed by atoms with E-state index in [9.17, 15) is 14.7 Å². The number of imide groups is 1. The number of rotatable bonds is 2. The van der Waals surface area contributed by atoms with Gasteiger partial charge in [-0.3, -0.25) is 4.79 Å². The predicted octanol–water partition coefficient (Wildman–Crippen LogP) is 2.42. The van der Waals surface area contributed by atoms with Gasteiger partial charge in [-0.2, -0.15) is 0 Å². The molecule has 0 saturated heterocycles. The molecule has 1 aromatic rings. The maximum Gasteiger partial charge on any atom is 0.417 e. The van der Waals surface area contributed by atoms with E-state index in [4.69, 9.17) is 4.74 Å². The first kappa shape index (κ1) is 15.3. The summed E-state index contributed by atoms with van der Waals surface area (Å²) in [6.45, 7) is 5.32. The largest absolute Gasteiger partial charge is 0.443 e. The molecule has 1 N–H and O–H groups in total. The second-order valence-electron chi connectivity index (χ2n) is 5.87. The van der Waals surface area contributed by atoms with Crippen LogP contribution >= 0.6 is 0 Å². The van der Waals surface area contributed by atoms with Crippen LogP contribution in [0.1, 0.15) is 32.4 Å².